The van der Waals surface area contributed by atoms with Crippen LogP contribution < -0.4 is 15.4 Å². The van der Waals surface area contributed by atoms with Crippen LogP contribution in [0, 0.1) is 6.92 Å². The molecule has 27 heavy (non-hydrogen) atoms. The van der Waals surface area contributed by atoms with Gasteiger partial charge >= 0.3 is 0 Å². The second-order valence-electron chi connectivity index (χ2n) is 5.94. The largest absolute Gasteiger partial charge is 0.495 e. The summed E-state index contributed by atoms with van der Waals surface area (Å²) in [5.41, 5.74) is 2.89. The molecule has 2 amide bonds. The molecule has 0 unspecified atom stereocenters. The first-order chi connectivity index (χ1) is 13.1. The highest BCUT2D eigenvalue weighted by Crippen LogP contribution is 2.23. The summed E-state index contributed by atoms with van der Waals surface area (Å²) in [7, 11) is 1.53. The van der Waals surface area contributed by atoms with Crippen molar-refractivity contribution in [1.82, 2.24) is 4.98 Å². The molecule has 3 rings (SSSR count). The van der Waals surface area contributed by atoms with E-state index in [2.05, 4.69) is 15.6 Å². The first-order valence-corrected chi connectivity index (χ1v) is 8.34. The molecular weight excluding hydrogens is 342 g/mol. The molecule has 3 aromatic rings. The number of anilines is 2. The van der Waals surface area contributed by atoms with Crippen LogP contribution >= 0.6 is 0 Å². The Bertz CT molecular complexity index is 968. The summed E-state index contributed by atoms with van der Waals surface area (Å²) in [5, 5.41) is 5.55. The van der Waals surface area contributed by atoms with Gasteiger partial charge in [0.2, 0.25) is 0 Å². The van der Waals surface area contributed by atoms with Crippen LogP contribution in [0.5, 0.6) is 5.75 Å². The van der Waals surface area contributed by atoms with Crippen molar-refractivity contribution >= 4 is 23.2 Å². The van der Waals surface area contributed by atoms with E-state index in [-0.39, 0.29) is 17.4 Å². The molecule has 0 spiro atoms. The third-order valence-electron chi connectivity index (χ3n) is 3.93. The summed E-state index contributed by atoms with van der Waals surface area (Å²) in [6.07, 6.45) is 2.83. The molecule has 6 nitrogen and oxygen atoms in total. The van der Waals surface area contributed by atoms with E-state index in [0.29, 0.717) is 22.7 Å². The first-order valence-electron chi connectivity index (χ1n) is 8.34. The van der Waals surface area contributed by atoms with Crippen molar-refractivity contribution in [1.29, 1.82) is 0 Å². The predicted octanol–water partition coefficient (Wildman–Crippen LogP) is 3.90. The van der Waals surface area contributed by atoms with Crippen molar-refractivity contribution in [2.45, 2.75) is 6.92 Å². The minimum atomic E-state index is -0.378. The summed E-state index contributed by atoms with van der Waals surface area (Å²) in [5.74, 6) is -0.164. The van der Waals surface area contributed by atoms with Crippen molar-refractivity contribution in [3.8, 4) is 5.75 Å². The van der Waals surface area contributed by atoms with Crippen LogP contribution in [0.15, 0.2) is 67.0 Å². The highest BCUT2D eigenvalue weighted by molar-refractivity contribution is 6.08. The highest BCUT2D eigenvalue weighted by Gasteiger charge is 2.13. The number of aromatic nitrogens is 1. The monoisotopic (exact) mass is 361 g/mol. The number of aryl methyl sites for hydroxylation is 1. The van der Waals surface area contributed by atoms with Crippen LogP contribution in [-0.2, 0) is 0 Å². The number of hydrogen-bond donors (Lipinski definition) is 2. The summed E-state index contributed by atoms with van der Waals surface area (Å²) < 4.78 is 5.22. The second-order valence-corrected chi connectivity index (χ2v) is 5.94. The molecule has 2 aromatic carbocycles. The lowest BCUT2D eigenvalue weighted by Gasteiger charge is -2.10. The number of pyridine rings is 1. The average Bonchev–Trinajstić information content (AvgIpc) is 2.70. The number of carbonyl (C=O) groups excluding carboxylic acids is 2. The van der Waals surface area contributed by atoms with Gasteiger partial charge in [-0.25, -0.2) is 0 Å². The maximum Gasteiger partial charge on any atom is 0.257 e. The lowest BCUT2D eigenvalue weighted by molar-refractivity contribution is 0.102. The Morgan fingerprint density at radius 1 is 0.889 bits per heavy atom. The van der Waals surface area contributed by atoms with E-state index in [1.165, 1.54) is 25.6 Å². The van der Waals surface area contributed by atoms with Gasteiger partial charge in [0.05, 0.1) is 23.9 Å². The lowest BCUT2D eigenvalue weighted by atomic mass is 10.1. The predicted molar refractivity (Wildman–Crippen MR) is 104 cm³/mol. The molecule has 0 fully saturated rings. The number of rotatable bonds is 5. The van der Waals surface area contributed by atoms with E-state index in [1.54, 1.807) is 18.2 Å². The van der Waals surface area contributed by atoms with E-state index in [9.17, 15) is 9.59 Å². The van der Waals surface area contributed by atoms with Gasteiger partial charge in [-0.15, -0.1) is 0 Å². The fraction of sp³-hybridized carbons (Fsp3) is 0.0952. The van der Waals surface area contributed by atoms with Crippen LogP contribution in [0.25, 0.3) is 0 Å². The van der Waals surface area contributed by atoms with Crippen molar-refractivity contribution in [3.63, 3.8) is 0 Å². The van der Waals surface area contributed by atoms with Gasteiger partial charge in [-0.2, -0.15) is 0 Å². The molecule has 1 heterocycles. The van der Waals surface area contributed by atoms with Crippen molar-refractivity contribution < 1.29 is 14.3 Å². The smallest absolute Gasteiger partial charge is 0.257 e. The van der Waals surface area contributed by atoms with E-state index >= 15 is 0 Å². The number of para-hydroxylation sites is 2. The summed E-state index contributed by atoms with van der Waals surface area (Å²) in [4.78, 5) is 29.0. The normalized spacial score (nSPS) is 10.1. The summed E-state index contributed by atoms with van der Waals surface area (Å²) in [6.45, 7) is 1.97. The zero-order valence-corrected chi connectivity index (χ0v) is 15.0. The van der Waals surface area contributed by atoms with Crippen molar-refractivity contribution in [2.24, 2.45) is 0 Å². The Kier molecular flexibility index (Phi) is 5.47. The lowest BCUT2D eigenvalue weighted by Crippen LogP contribution is -2.16. The minimum Gasteiger partial charge on any atom is -0.495 e. The topological polar surface area (TPSA) is 80.3 Å². The number of carbonyl (C=O) groups is 2. The first kappa shape index (κ1) is 18.1. The minimum absolute atomic E-state index is 0.275. The van der Waals surface area contributed by atoms with Crippen molar-refractivity contribution in [2.75, 3.05) is 17.7 Å². The molecule has 1 aromatic heterocycles. The fourth-order valence-electron chi connectivity index (χ4n) is 2.47. The third kappa shape index (κ3) is 4.49. The maximum atomic E-state index is 12.5. The number of ether oxygens (including phenoxy) is 1. The summed E-state index contributed by atoms with van der Waals surface area (Å²) in [6, 6.07) is 16.0. The highest BCUT2D eigenvalue weighted by atomic mass is 16.5. The number of amides is 2. The fourth-order valence-corrected chi connectivity index (χ4v) is 2.47. The zero-order valence-electron chi connectivity index (χ0n) is 15.0. The van der Waals surface area contributed by atoms with E-state index in [0.717, 1.165) is 5.56 Å². The molecule has 6 heteroatoms. The molecular formula is C21H19N3O3. The number of benzene rings is 2. The van der Waals surface area contributed by atoms with Crippen LogP contribution in [0.3, 0.4) is 0 Å². The van der Waals surface area contributed by atoms with Gasteiger partial charge in [0.15, 0.2) is 0 Å². The Morgan fingerprint density at radius 2 is 1.52 bits per heavy atom. The van der Waals surface area contributed by atoms with Crippen LogP contribution in [0.2, 0.25) is 0 Å². The van der Waals surface area contributed by atoms with Gasteiger partial charge in [0, 0.05) is 18.1 Å². The second kappa shape index (κ2) is 8.14. The quantitative estimate of drug-likeness (QED) is 0.722. The number of methoxy groups -OCH3 is 1. The molecule has 0 aliphatic heterocycles. The Hall–Kier alpha value is -3.67. The van der Waals surface area contributed by atoms with E-state index in [1.807, 2.05) is 37.3 Å². The van der Waals surface area contributed by atoms with Gasteiger partial charge < -0.3 is 15.4 Å². The van der Waals surface area contributed by atoms with E-state index in [4.69, 9.17) is 4.74 Å². The summed E-state index contributed by atoms with van der Waals surface area (Å²) >= 11 is 0. The molecule has 0 aliphatic carbocycles. The standard InChI is InChI=1S/C21H19N3O3/c1-14-7-9-17(10-8-14)23-20(25)15-11-16(13-22-12-15)21(26)24-18-5-3-4-6-19(18)27-2/h3-13H,1-2H3,(H,23,25)(H,24,26). The molecule has 0 saturated heterocycles. The molecule has 0 atom stereocenters. The Balaban J connectivity index is 1.75. The van der Waals surface area contributed by atoms with Gasteiger partial charge in [0.1, 0.15) is 5.75 Å². The SMILES string of the molecule is COc1ccccc1NC(=O)c1cncc(C(=O)Nc2ccc(C)cc2)c1. The third-order valence-corrected chi connectivity index (χ3v) is 3.93. The Labute approximate surface area is 157 Å². The Morgan fingerprint density at radius 3 is 2.19 bits per heavy atom. The number of nitrogens with one attached hydrogen (secondary N) is 2. The van der Waals surface area contributed by atoms with Crippen LogP contribution in [-0.4, -0.2) is 23.9 Å². The van der Waals surface area contributed by atoms with Gasteiger partial charge in [-0.3, -0.25) is 14.6 Å². The van der Waals surface area contributed by atoms with Crippen LogP contribution in [0.1, 0.15) is 26.3 Å². The van der Waals surface area contributed by atoms with Crippen LogP contribution in [0.4, 0.5) is 11.4 Å². The van der Waals surface area contributed by atoms with Gasteiger partial charge in [-0.1, -0.05) is 29.8 Å². The average molecular weight is 361 g/mol. The molecule has 0 bridgehead atoms. The van der Waals surface area contributed by atoms with Gasteiger partial charge in [0.25, 0.3) is 11.8 Å². The number of nitrogens with zero attached hydrogens (tertiary/aromatic N) is 1. The maximum absolute atomic E-state index is 12.5. The molecule has 2 N–H and O–H groups in total. The van der Waals surface area contributed by atoms with Crippen molar-refractivity contribution in [3.05, 3.63) is 83.7 Å². The molecule has 0 radical (unpaired) electrons. The molecule has 0 aliphatic rings. The number of hydrogen-bond acceptors (Lipinski definition) is 4. The zero-order chi connectivity index (χ0) is 19.2. The molecule has 0 saturated carbocycles. The van der Waals surface area contributed by atoms with E-state index < -0.39 is 0 Å². The van der Waals surface area contributed by atoms with Gasteiger partial charge in [-0.05, 0) is 37.3 Å². The molecule has 136 valence electrons.